The van der Waals surface area contributed by atoms with E-state index in [1.165, 1.54) is 0 Å². The maximum Gasteiger partial charge on any atom is 0.160 e. The highest BCUT2D eigenvalue weighted by Crippen LogP contribution is 2.37. The largest absolute Gasteiger partial charge is 0.504 e. The van der Waals surface area contributed by atoms with Gasteiger partial charge in [0.15, 0.2) is 11.6 Å². The Morgan fingerprint density at radius 3 is 1.62 bits per heavy atom. The van der Waals surface area contributed by atoms with Crippen molar-refractivity contribution in [2.75, 3.05) is 0 Å². The molecule has 0 aliphatic rings. The van der Waals surface area contributed by atoms with Crippen molar-refractivity contribution in [2.45, 2.75) is 52.4 Å². The first-order valence-corrected chi connectivity index (χ1v) is 7.13. The second-order valence-electron chi connectivity index (χ2n) is 7.33. The molecule has 2 aromatic heterocycles. The van der Waals surface area contributed by atoms with E-state index in [0.717, 1.165) is 5.56 Å². The third kappa shape index (κ3) is 3.20. The van der Waals surface area contributed by atoms with Gasteiger partial charge in [-0.2, -0.15) is 0 Å². The molecule has 112 valence electrons. The lowest BCUT2D eigenvalue weighted by Gasteiger charge is -2.26. The predicted molar refractivity (Wildman–Crippen MR) is 84.3 cm³/mol. The van der Waals surface area contributed by atoms with E-state index in [9.17, 15) is 5.11 Å². The van der Waals surface area contributed by atoms with Crippen LogP contribution in [0.25, 0.3) is 11.4 Å². The molecule has 4 heteroatoms. The summed E-state index contributed by atoms with van der Waals surface area (Å²) in [5.74, 6) is 0.831. The molecule has 0 radical (unpaired) electrons. The Kier molecular flexibility index (Phi) is 3.74. The Bertz CT molecular complexity index is 602. The van der Waals surface area contributed by atoms with Crippen molar-refractivity contribution in [3.63, 3.8) is 0 Å². The molecule has 2 rings (SSSR count). The van der Waals surface area contributed by atoms with E-state index in [2.05, 4.69) is 15.0 Å². The van der Waals surface area contributed by atoms with E-state index in [4.69, 9.17) is 0 Å². The zero-order chi connectivity index (χ0) is 15.8. The van der Waals surface area contributed by atoms with Gasteiger partial charge < -0.3 is 5.11 Å². The topological polar surface area (TPSA) is 58.9 Å². The van der Waals surface area contributed by atoms with Crippen LogP contribution < -0.4 is 0 Å². The first-order valence-electron chi connectivity index (χ1n) is 7.13. The van der Waals surface area contributed by atoms with Crippen LogP contribution in [0.15, 0.2) is 24.5 Å². The molecule has 21 heavy (non-hydrogen) atoms. The van der Waals surface area contributed by atoms with Gasteiger partial charge in [-0.3, -0.25) is 4.98 Å². The van der Waals surface area contributed by atoms with Gasteiger partial charge in [-0.25, -0.2) is 9.97 Å². The maximum absolute atomic E-state index is 10.6. The maximum atomic E-state index is 10.6. The second-order valence-corrected chi connectivity index (χ2v) is 7.33. The lowest BCUT2D eigenvalue weighted by Crippen LogP contribution is -2.21. The number of hydrogen-bond donors (Lipinski definition) is 1. The van der Waals surface area contributed by atoms with Gasteiger partial charge in [0.2, 0.25) is 0 Å². The molecule has 0 aliphatic carbocycles. The third-order valence-corrected chi connectivity index (χ3v) is 3.24. The van der Waals surface area contributed by atoms with E-state index in [1.54, 1.807) is 12.4 Å². The summed E-state index contributed by atoms with van der Waals surface area (Å²) in [5, 5.41) is 10.6. The molecule has 0 saturated heterocycles. The molecule has 0 bridgehead atoms. The summed E-state index contributed by atoms with van der Waals surface area (Å²) in [5.41, 5.74) is 1.74. The Morgan fingerprint density at radius 1 is 0.810 bits per heavy atom. The van der Waals surface area contributed by atoms with E-state index >= 15 is 0 Å². The van der Waals surface area contributed by atoms with Crippen LogP contribution in [-0.4, -0.2) is 20.1 Å². The van der Waals surface area contributed by atoms with Gasteiger partial charge in [0.1, 0.15) is 0 Å². The van der Waals surface area contributed by atoms with Crippen molar-refractivity contribution in [3.8, 4) is 17.1 Å². The van der Waals surface area contributed by atoms with Crippen LogP contribution in [0.4, 0.5) is 0 Å². The lowest BCUT2D eigenvalue weighted by molar-refractivity contribution is 0.407. The smallest absolute Gasteiger partial charge is 0.160 e. The molecule has 4 nitrogen and oxygen atoms in total. The monoisotopic (exact) mass is 285 g/mol. The molecular formula is C17H23N3O. The van der Waals surface area contributed by atoms with Crippen molar-refractivity contribution in [1.82, 2.24) is 15.0 Å². The van der Waals surface area contributed by atoms with Crippen molar-refractivity contribution >= 4 is 0 Å². The number of hydrogen-bond acceptors (Lipinski definition) is 4. The number of aromatic nitrogens is 3. The minimum absolute atomic E-state index is 0.202. The highest BCUT2D eigenvalue weighted by atomic mass is 16.3. The Morgan fingerprint density at radius 2 is 1.24 bits per heavy atom. The molecule has 0 aliphatic heterocycles. The average Bonchev–Trinajstić information content (AvgIpc) is 2.37. The van der Waals surface area contributed by atoms with Gasteiger partial charge in [-0.1, -0.05) is 41.5 Å². The molecule has 0 spiro atoms. The summed E-state index contributed by atoms with van der Waals surface area (Å²) in [4.78, 5) is 13.2. The normalized spacial score (nSPS) is 12.5. The highest BCUT2D eigenvalue weighted by Gasteiger charge is 2.29. The van der Waals surface area contributed by atoms with Crippen molar-refractivity contribution < 1.29 is 5.11 Å². The summed E-state index contributed by atoms with van der Waals surface area (Å²) in [6.07, 6.45) is 3.44. The highest BCUT2D eigenvalue weighted by molar-refractivity contribution is 5.56. The number of rotatable bonds is 1. The van der Waals surface area contributed by atoms with Crippen LogP contribution >= 0.6 is 0 Å². The third-order valence-electron chi connectivity index (χ3n) is 3.24. The van der Waals surface area contributed by atoms with Crippen LogP contribution in [0.3, 0.4) is 0 Å². The van der Waals surface area contributed by atoms with Gasteiger partial charge in [-0.15, -0.1) is 0 Å². The fourth-order valence-electron chi connectivity index (χ4n) is 2.13. The van der Waals surface area contributed by atoms with Crippen LogP contribution in [0.2, 0.25) is 0 Å². The minimum atomic E-state index is -0.255. The van der Waals surface area contributed by atoms with E-state index < -0.39 is 0 Å². The molecule has 0 saturated carbocycles. The van der Waals surface area contributed by atoms with E-state index in [1.807, 2.05) is 53.7 Å². The fourth-order valence-corrected chi connectivity index (χ4v) is 2.13. The van der Waals surface area contributed by atoms with E-state index in [-0.39, 0.29) is 16.6 Å². The zero-order valence-corrected chi connectivity index (χ0v) is 13.6. The average molecular weight is 285 g/mol. The zero-order valence-electron chi connectivity index (χ0n) is 13.6. The SMILES string of the molecule is CC(C)(C)c1nc(-c2ccncc2)nc(C(C)(C)C)c1O. The standard InChI is InChI=1S/C17H23N3O/c1-16(2,3)13-12(21)14(17(4,5)6)20-15(19-13)11-7-9-18-10-8-11/h7-10,21H,1-6H3. The summed E-state index contributed by atoms with van der Waals surface area (Å²) < 4.78 is 0. The van der Waals surface area contributed by atoms with Crippen LogP contribution in [-0.2, 0) is 10.8 Å². The first kappa shape index (κ1) is 15.4. The summed E-state index contributed by atoms with van der Waals surface area (Å²) in [6.45, 7) is 12.2. The first-order chi connectivity index (χ1) is 9.60. The molecule has 0 fully saturated rings. The Labute approximate surface area is 126 Å². The van der Waals surface area contributed by atoms with E-state index in [0.29, 0.717) is 17.2 Å². The quantitative estimate of drug-likeness (QED) is 0.865. The molecule has 1 N–H and O–H groups in total. The lowest BCUT2D eigenvalue weighted by atomic mass is 9.85. The van der Waals surface area contributed by atoms with Crippen molar-refractivity contribution in [1.29, 1.82) is 0 Å². The molecule has 0 aromatic carbocycles. The molecule has 0 amide bonds. The van der Waals surface area contributed by atoms with Gasteiger partial charge in [0.25, 0.3) is 0 Å². The minimum Gasteiger partial charge on any atom is -0.504 e. The summed E-state index contributed by atoms with van der Waals surface area (Å²) in [7, 11) is 0. The van der Waals surface area contributed by atoms with Crippen LogP contribution in [0, 0.1) is 0 Å². The van der Waals surface area contributed by atoms with Crippen molar-refractivity contribution in [3.05, 3.63) is 35.9 Å². The molecule has 2 heterocycles. The van der Waals surface area contributed by atoms with Crippen molar-refractivity contribution in [2.24, 2.45) is 0 Å². The summed E-state index contributed by atoms with van der Waals surface area (Å²) in [6, 6.07) is 3.76. The van der Waals surface area contributed by atoms with Crippen LogP contribution in [0.5, 0.6) is 5.75 Å². The second kappa shape index (κ2) is 5.10. The summed E-state index contributed by atoms with van der Waals surface area (Å²) >= 11 is 0. The number of pyridine rings is 1. The Hall–Kier alpha value is -1.97. The molecule has 2 aromatic rings. The molecule has 0 unspecified atom stereocenters. The van der Waals surface area contributed by atoms with Gasteiger partial charge >= 0.3 is 0 Å². The fraction of sp³-hybridized carbons (Fsp3) is 0.471. The number of nitrogens with zero attached hydrogens (tertiary/aromatic N) is 3. The Balaban J connectivity index is 2.75. The predicted octanol–water partition coefficient (Wildman–Crippen LogP) is 3.84. The molecular weight excluding hydrogens is 262 g/mol. The van der Waals surface area contributed by atoms with Gasteiger partial charge in [0.05, 0.1) is 11.4 Å². The van der Waals surface area contributed by atoms with Crippen LogP contribution in [0.1, 0.15) is 52.9 Å². The van der Waals surface area contributed by atoms with Gasteiger partial charge in [-0.05, 0) is 12.1 Å². The van der Waals surface area contributed by atoms with Gasteiger partial charge in [0, 0.05) is 28.8 Å². The number of aromatic hydroxyl groups is 1. The molecule has 0 atom stereocenters.